The van der Waals surface area contributed by atoms with Crippen LogP contribution in [0, 0.1) is 0 Å². The highest BCUT2D eigenvalue weighted by atomic mass is 16.4. The van der Waals surface area contributed by atoms with Gasteiger partial charge in [-0.2, -0.15) is 5.10 Å². The van der Waals surface area contributed by atoms with Crippen LogP contribution in [0.1, 0.15) is 24.3 Å². The maximum atomic E-state index is 12.6. The first-order valence-corrected chi connectivity index (χ1v) is 11.7. The maximum Gasteiger partial charge on any atom is 0.220 e. The minimum atomic E-state index is -0.00804. The lowest BCUT2D eigenvalue weighted by Crippen LogP contribution is -2.22. The van der Waals surface area contributed by atoms with Crippen molar-refractivity contribution in [2.45, 2.75) is 25.8 Å². The van der Waals surface area contributed by atoms with Gasteiger partial charge in [0.05, 0.1) is 17.6 Å². The van der Waals surface area contributed by atoms with Gasteiger partial charge in [0, 0.05) is 42.3 Å². The van der Waals surface area contributed by atoms with Gasteiger partial charge in [-0.1, -0.05) is 78.9 Å². The van der Waals surface area contributed by atoms with Crippen LogP contribution < -0.4 is 5.32 Å². The Balaban J connectivity index is 1.19. The molecule has 0 unspecified atom stereocenters. The summed E-state index contributed by atoms with van der Waals surface area (Å²) >= 11 is 0. The number of carbonyl (C=O) groups is 1. The predicted molar refractivity (Wildman–Crippen MR) is 136 cm³/mol. The fraction of sp³-hybridized carbons (Fsp3) is 0.138. The minimum Gasteiger partial charge on any atom is -0.441 e. The summed E-state index contributed by atoms with van der Waals surface area (Å²) in [4.78, 5) is 16.9. The Morgan fingerprint density at radius 1 is 0.857 bits per heavy atom. The van der Waals surface area contributed by atoms with Crippen LogP contribution in [0.5, 0.6) is 0 Å². The monoisotopic (exact) mass is 462 g/mol. The van der Waals surface area contributed by atoms with Gasteiger partial charge < -0.3 is 9.73 Å². The van der Waals surface area contributed by atoms with E-state index in [1.807, 2.05) is 102 Å². The van der Waals surface area contributed by atoms with Gasteiger partial charge in [0.1, 0.15) is 0 Å². The number of aromatic nitrogens is 3. The summed E-state index contributed by atoms with van der Waals surface area (Å²) < 4.78 is 7.69. The lowest BCUT2D eigenvalue weighted by molar-refractivity contribution is -0.121. The molecule has 1 N–H and O–H groups in total. The van der Waals surface area contributed by atoms with Gasteiger partial charge in [-0.05, 0) is 18.6 Å². The number of benzene rings is 3. The van der Waals surface area contributed by atoms with E-state index in [0.717, 1.165) is 33.8 Å². The number of oxazole rings is 1. The van der Waals surface area contributed by atoms with Crippen molar-refractivity contribution < 1.29 is 9.21 Å². The van der Waals surface area contributed by atoms with Gasteiger partial charge >= 0.3 is 0 Å². The lowest BCUT2D eigenvalue weighted by Gasteiger charge is -2.05. The van der Waals surface area contributed by atoms with Crippen molar-refractivity contribution in [2.24, 2.45) is 0 Å². The van der Waals surface area contributed by atoms with Crippen molar-refractivity contribution in [1.82, 2.24) is 20.1 Å². The van der Waals surface area contributed by atoms with E-state index in [-0.39, 0.29) is 5.91 Å². The summed E-state index contributed by atoms with van der Waals surface area (Å²) in [6, 6.07) is 29.9. The maximum absolute atomic E-state index is 12.6. The number of hydrogen-bond acceptors (Lipinski definition) is 4. The first-order valence-electron chi connectivity index (χ1n) is 11.7. The molecule has 6 heteroatoms. The second-order valence-electron chi connectivity index (χ2n) is 8.26. The molecular formula is C29H26N4O2. The highest BCUT2D eigenvalue weighted by Crippen LogP contribution is 2.24. The van der Waals surface area contributed by atoms with Crippen molar-refractivity contribution in [1.29, 1.82) is 0 Å². The van der Waals surface area contributed by atoms with E-state index in [4.69, 9.17) is 9.52 Å². The molecule has 0 fully saturated rings. The Hall–Kier alpha value is -4.45. The first kappa shape index (κ1) is 22.3. The summed E-state index contributed by atoms with van der Waals surface area (Å²) in [5.74, 6) is 1.38. The van der Waals surface area contributed by atoms with Gasteiger partial charge in [0.15, 0.2) is 11.7 Å². The Bertz CT molecular complexity index is 1380. The zero-order valence-electron chi connectivity index (χ0n) is 19.3. The number of hydrogen-bond donors (Lipinski definition) is 1. The lowest BCUT2D eigenvalue weighted by atomic mass is 10.1. The van der Waals surface area contributed by atoms with Gasteiger partial charge in [-0.25, -0.2) is 9.67 Å². The van der Waals surface area contributed by atoms with Crippen LogP contribution in [0.4, 0.5) is 0 Å². The molecule has 2 aromatic heterocycles. The zero-order chi connectivity index (χ0) is 23.9. The number of amides is 1. The number of rotatable bonds is 9. The molecule has 0 radical (unpaired) electrons. The number of nitrogens with zero attached hydrogens (tertiary/aromatic N) is 3. The fourth-order valence-electron chi connectivity index (χ4n) is 3.94. The van der Waals surface area contributed by atoms with Gasteiger partial charge in [-0.3, -0.25) is 4.79 Å². The Morgan fingerprint density at radius 2 is 1.51 bits per heavy atom. The molecule has 0 aliphatic heterocycles. The molecule has 0 atom stereocenters. The fourth-order valence-corrected chi connectivity index (χ4v) is 3.94. The topological polar surface area (TPSA) is 73.0 Å². The molecule has 0 aliphatic carbocycles. The molecule has 3 aromatic carbocycles. The van der Waals surface area contributed by atoms with E-state index in [1.54, 1.807) is 6.20 Å². The SMILES string of the molecule is O=C(CCCc1ncc(-c2ccccc2)o1)NCc1cn(-c2ccccc2)nc1-c1ccccc1. The second-order valence-corrected chi connectivity index (χ2v) is 8.26. The highest BCUT2D eigenvalue weighted by Gasteiger charge is 2.14. The third-order valence-electron chi connectivity index (χ3n) is 5.74. The summed E-state index contributed by atoms with van der Waals surface area (Å²) in [7, 11) is 0. The molecule has 0 spiro atoms. The van der Waals surface area contributed by atoms with Gasteiger partial charge in [0.2, 0.25) is 5.91 Å². The molecule has 0 saturated heterocycles. The summed E-state index contributed by atoms with van der Waals surface area (Å²) in [6.07, 6.45) is 5.39. The summed E-state index contributed by atoms with van der Waals surface area (Å²) in [6.45, 7) is 0.410. The van der Waals surface area contributed by atoms with Crippen LogP contribution in [0.15, 0.2) is 108 Å². The standard InChI is InChI=1S/C29H26N4O2/c34-27(17-10-18-28-31-20-26(35-28)22-11-4-1-5-12-22)30-19-24-21-33(25-15-8-3-9-16-25)32-29(24)23-13-6-2-7-14-23/h1-9,11-16,20-21H,10,17-19H2,(H,30,34). The average molecular weight is 463 g/mol. The highest BCUT2D eigenvalue weighted by molar-refractivity contribution is 5.76. The molecule has 174 valence electrons. The first-order chi connectivity index (χ1) is 17.3. The summed E-state index contributed by atoms with van der Waals surface area (Å²) in [5, 5.41) is 7.85. The van der Waals surface area contributed by atoms with E-state index in [1.165, 1.54) is 0 Å². The number of carbonyl (C=O) groups excluding carboxylic acids is 1. The number of nitrogens with one attached hydrogen (secondary N) is 1. The van der Waals surface area contributed by atoms with Crippen LogP contribution in [-0.2, 0) is 17.8 Å². The van der Waals surface area contributed by atoms with E-state index in [0.29, 0.717) is 31.7 Å². The Morgan fingerprint density at radius 3 is 2.23 bits per heavy atom. The van der Waals surface area contributed by atoms with E-state index in [2.05, 4.69) is 10.3 Å². The van der Waals surface area contributed by atoms with E-state index >= 15 is 0 Å². The summed E-state index contributed by atoms with van der Waals surface area (Å²) in [5.41, 5.74) is 4.82. The van der Waals surface area contributed by atoms with Crippen LogP contribution in [0.3, 0.4) is 0 Å². The molecule has 6 nitrogen and oxygen atoms in total. The molecule has 5 aromatic rings. The van der Waals surface area contributed by atoms with Crippen molar-refractivity contribution in [3.05, 3.63) is 115 Å². The molecular weight excluding hydrogens is 436 g/mol. The predicted octanol–water partition coefficient (Wildman–Crippen LogP) is 5.83. The molecule has 1 amide bonds. The Labute approximate surface area is 204 Å². The van der Waals surface area contributed by atoms with Crippen LogP contribution in [0.25, 0.3) is 28.3 Å². The minimum absolute atomic E-state index is 0.00804. The van der Waals surface area contributed by atoms with Gasteiger partial charge in [0.25, 0.3) is 0 Å². The normalized spacial score (nSPS) is 10.9. The van der Waals surface area contributed by atoms with Crippen LogP contribution in [-0.4, -0.2) is 20.7 Å². The average Bonchev–Trinajstić information content (AvgIpc) is 3.57. The molecule has 2 heterocycles. The third kappa shape index (κ3) is 5.55. The number of para-hydroxylation sites is 1. The van der Waals surface area contributed by atoms with Crippen molar-refractivity contribution in [2.75, 3.05) is 0 Å². The quantitative estimate of drug-likeness (QED) is 0.299. The molecule has 0 bridgehead atoms. The molecule has 35 heavy (non-hydrogen) atoms. The van der Waals surface area contributed by atoms with Crippen LogP contribution in [0.2, 0.25) is 0 Å². The smallest absolute Gasteiger partial charge is 0.220 e. The Kier molecular flexibility index (Phi) is 6.80. The molecule has 0 saturated carbocycles. The number of aryl methyl sites for hydroxylation is 1. The van der Waals surface area contributed by atoms with E-state index in [9.17, 15) is 4.79 Å². The third-order valence-corrected chi connectivity index (χ3v) is 5.74. The van der Waals surface area contributed by atoms with Crippen molar-refractivity contribution in [3.63, 3.8) is 0 Å². The molecule has 0 aliphatic rings. The van der Waals surface area contributed by atoms with E-state index < -0.39 is 0 Å². The zero-order valence-corrected chi connectivity index (χ0v) is 19.3. The van der Waals surface area contributed by atoms with Crippen molar-refractivity contribution in [3.8, 4) is 28.3 Å². The van der Waals surface area contributed by atoms with Crippen LogP contribution >= 0.6 is 0 Å². The van der Waals surface area contributed by atoms with Crippen molar-refractivity contribution >= 4 is 5.91 Å². The largest absolute Gasteiger partial charge is 0.441 e. The second kappa shape index (κ2) is 10.7. The van der Waals surface area contributed by atoms with Gasteiger partial charge in [-0.15, -0.1) is 0 Å². The molecule has 5 rings (SSSR count).